The third kappa shape index (κ3) is 3.18. The maximum atomic E-state index is 13.0. The Labute approximate surface area is 123 Å². The smallest absolute Gasteiger partial charge is 0.321 e. The standard InChI is InChI=1S/C13H11ClF3N3O/c1-6-11(7(2)20-19-6)12(21)18-10-4-3-8(14)5-9(10)13(15,16)17/h3-5H,1-2H3,(H,18,21)(H,19,20). The van der Waals surface area contributed by atoms with E-state index >= 15 is 0 Å². The molecule has 1 aromatic carbocycles. The number of H-pyrrole nitrogens is 1. The molecule has 0 atom stereocenters. The summed E-state index contributed by atoms with van der Waals surface area (Å²) in [6, 6.07) is 3.17. The Hall–Kier alpha value is -2.02. The summed E-state index contributed by atoms with van der Waals surface area (Å²) < 4.78 is 38.9. The lowest BCUT2D eigenvalue weighted by Gasteiger charge is -2.14. The number of alkyl halides is 3. The third-order valence-electron chi connectivity index (χ3n) is 2.89. The Balaban J connectivity index is 2.39. The van der Waals surface area contributed by atoms with Crippen molar-refractivity contribution in [3.63, 3.8) is 0 Å². The van der Waals surface area contributed by atoms with E-state index in [0.717, 1.165) is 12.1 Å². The van der Waals surface area contributed by atoms with Crippen LogP contribution < -0.4 is 5.32 Å². The molecule has 1 amide bonds. The van der Waals surface area contributed by atoms with Crippen molar-refractivity contribution in [1.82, 2.24) is 10.2 Å². The highest BCUT2D eigenvalue weighted by molar-refractivity contribution is 6.30. The van der Waals surface area contributed by atoms with Crippen LogP contribution in [0.15, 0.2) is 18.2 Å². The molecule has 8 heteroatoms. The van der Waals surface area contributed by atoms with Gasteiger partial charge in [0.05, 0.1) is 22.5 Å². The fourth-order valence-corrected chi connectivity index (χ4v) is 2.10. The van der Waals surface area contributed by atoms with Crippen molar-refractivity contribution in [2.45, 2.75) is 20.0 Å². The Morgan fingerprint density at radius 1 is 1.33 bits per heavy atom. The molecule has 0 aliphatic heterocycles. The highest BCUT2D eigenvalue weighted by atomic mass is 35.5. The van der Waals surface area contributed by atoms with Crippen molar-refractivity contribution in [3.8, 4) is 0 Å². The zero-order valence-electron chi connectivity index (χ0n) is 11.1. The molecule has 4 nitrogen and oxygen atoms in total. The van der Waals surface area contributed by atoms with Gasteiger partial charge in [0.15, 0.2) is 0 Å². The molecule has 112 valence electrons. The second-order valence-corrected chi connectivity index (χ2v) is 4.89. The number of nitrogens with zero attached hydrogens (tertiary/aromatic N) is 1. The molecule has 21 heavy (non-hydrogen) atoms. The van der Waals surface area contributed by atoms with Gasteiger partial charge in [-0.2, -0.15) is 18.3 Å². The number of aryl methyl sites for hydroxylation is 2. The van der Waals surface area contributed by atoms with Crippen LogP contribution in [-0.4, -0.2) is 16.1 Å². The topological polar surface area (TPSA) is 57.8 Å². The third-order valence-corrected chi connectivity index (χ3v) is 3.13. The second-order valence-electron chi connectivity index (χ2n) is 4.45. The molecular formula is C13H11ClF3N3O. The van der Waals surface area contributed by atoms with Gasteiger partial charge in [-0.15, -0.1) is 0 Å². The van der Waals surface area contributed by atoms with Crippen LogP contribution in [0.5, 0.6) is 0 Å². The fraction of sp³-hybridized carbons (Fsp3) is 0.231. The number of halogens is 4. The molecule has 0 fully saturated rings. The molecule has 0 saturated carbocycles. The molecular weight excluding hydrogens is 307 g/mol. The minimum absolute atomic E-state index is 0.0593. The molecule has 0 unspecified atom stereocenters. The second kappa shape index (κ2) is 5.40. The average Bonchev–Trinajstić information content (AvgIpc) is 2.70. The van der Waals surface area contributed by atoms with Gasteiger partial charge in [-0.3, -0.25) is 9.89 Å². The lowest BCUT2D eigenvalue weighted by atomic mass is 10.1. The highest BCUT2D eigenvalue weighted by Gasteiger charge is 2.34. The number of carbonyl (C=O) groups is 1. The van der Waals surface area contributed by atoms with Gasteiger partial charge < -0.3 is 5.32 Å². The first-order valence-electron chi connectivity index (χ1n) is 5.90. The number of anilines is 1. The van der Waals surface area contributed by atoms with E-state index in [4.69, 9.17) is 11.6 Å². The Morgan fingerprint density at radius 2 is 2.00 bits per heavy atom. The first-order chi connectivity index (χ1) is 9.70. The van der Waals surface area contributed by atoms with E-state index in [2.05, 4.69) is 15.5 Å². The number of rotatable bonds is 2. The summed E-state index contributed by atoms with van der Waals surface area (Å²) in [7, 11) is 0. The van der Waals surface area contributed by atoms with Gasteiger partial charge in [0, 0.05) is 10.7 Å². The Morgan fingerprint density at radius 3 is 2.52 bits per heavy atom. The van der Waals surface area contributed by atoms with E-state index in [1.54, 1.807) is 13.8 Å². The molecule has 2 aromatic rings. The number of hydrogen-bond acceptors (Lipinski definition) is 2. The van der Waals surface area contributed by atoms with Crippen molar-refractivity contribution in [2.75, 3.05) is 5.32 Å². The molecule has 2 N–H and O–H groups in total. The predicted molar refractivity (Wildman–Crippen MR) is 72.5 cm³/mol. The number of amides is 1. The summed E-state index contributed by atoms with van der Waals surface area (Å²) in [5.74, 6) is -0.661. The largest absolute Gasteiger partial charge is 0.418 e. The number of aromatic nitrogens is 2. The Bertz CT molecular complexity index is 675. The number of nitrogens with one attached hydrogen (secondary N) is 2. The maximum Gasteiger partial charge on any atom is 0.418 e. The van der Waals surface area contributed by atoms with Crippen LogP contribution in [0.25, 0.3) is 0 Å². The highest BCUT2D eigenvalue weighted by Crippen LogP contribution is 2.36. The zero-order valence-corrected chi connectivity index (χ0v) is 11.9. The van der Waals surface area contributed by atoms with Gasteiger partial charge in [-0.1, -0.05) is 11.6 Å². The molecule has 0 spiro atoms. The molecule has 2 rings (SSSR count). The van der Waals surface area contributed by atoms with Gasteiger partial charge in [0.2, 0.25) is 0 Å². The van der Waals surface area contributed by atoms with E-state index < -0.39 is 17.6 Å². The van der Waals surface area contributed by atoms with E-state index in [0.29, 0.717) is 11.4 Å². The van der Waals surface area contributed by atoms with E-state index in [1.165, 1.54) is 6.07 Å². The number of benzene rings is 1. The fourth-order valence-electron chi connectivity index (χ4n) is 1.93. The van der Waals surface area contributed by atoms with Crippen molar-refractivity contribution in [2.24, 2.45) is 0 Å². The molecule has 0 aliphatic rings. The SMILES string of the molecule is Cc1n[nH]c(C)c1C(=O)Nc1ccc(Cl)cc1C(F)(F)F. The van der Waals surface area contributed by atoms with Gasteiger partial charge in [-0.25, -0.2) is 0 Å². The lowest BCUT2D eigenvalue weighted by Crippen LogP contribution is -2.17. The van der Waals surface area contributed by atoms with Crippen LogP contribution in [0.3, 0.4) is 0 Å². The van der Waals surface area contributed by atoms with Crippen LogP contribution >= 0.6 is 11.6 Å². The van der Waals surface area contributed by atoms with Crippen LogP contribution in [0.4, 0.5) is 18.9 Å². The minimum atomic E-state index is -4.62. The first-order valence-corrected chi connectivity index (χ1v) is 6.27. The van der Waals surface area contributed by atoms with Crippen molar-refractivity contribution < 1.29 is 18.0 Å². The Kier molecular flexibility index (Phi) is 3.95. The molecule has 1 aromatic heterocycles. The summed E-state index contributed by atoms with van der Waals surface area (Å²) in [4.78, 5) is 12.1. The summed E-state index contributed by atoms with van der Waals surface area (Å²) in [5.41, 5.74) is -0.239. The molecule has 0 bridgehead atoms. The van der Waals surface area contributed by atoms with Crippen LogP contribution in [-0.2, 0) is 6.18 Å². The minimum Gasteiger partial charge on any atom is -0.321 e. The maximum absolute atomic E-state index is 13.0. The molecule has 0 saturated heterocycles. The summed E-state index contributed by atoms with van der Waals surface area (Å²) >= 11 is 5.58. The van der Waals surface area contributed by atoms with Gasteiger partial charge in [0.1, 0.15) is 0 Å². The zero-order chi connectivity index (χ0) is 15.8. The van der Waals surface area contributed by atoms with Gasteiger partial charge >= 0.3 is 6.18 Å². The summed E-state index contributed by atoms with van der Waals surface area (Å²) in [6.45, 7) is 3.20. The number of aromatic amines is 1. The lowest BCUT2D eigenvalue weighted by molar-refractivity contribution is -0.136. The average molecular weight is 318 g/mol. The summed E-state index contributed by atoms with van der Waals surface area (Å²) in [6.07, 6.45) is -4.62. The normalized spacial score (nSPS) is 11.5. The van der Waals surface area contributed by atoms with Crippen molar-refractivity contribution >= 4 is 23.2 Å². The summed E-state index contributed by atoms with van der Waals surface area (Å²) in [5, 5.41) is 8.63. The van der Waals surface area contributed by atoms with Crippen molar-refractivity contribution in [3.05, 3.63) is 45.7 Å². The van der Waals surface area contributed by atoms with E-state index in [-0.39, 0.29) is 16.3 Å². The van der Waals surface area contributed by atoms with Gasteiger partial charge in [-0.05, 0) is 32.0 Å². The van der Waals surface area contributed by atoms with E-state index in [1.807, 2.05) is 0 Å². The van der Waals surface area contributed by atoms with Crippen LogP contribution in [0, 0.1) is 13.8 Å². The monoisotopic (exact) mass is 317 g/mol. The first kappa shape index (κ1) is 15.4. The van der Waals surface area contributed by atoms with Crippen LogP contribution in [0.2, 0.25) is 5.02 Å². The van der Waals surface area contributed by atoms with Gasteiger partial charge in [0.25, 0.3) is 5.91 Å². The van der Waals surface area contributed by atoms with Crippen LogP contribution in [0.1, 0.15) is 27.3 Å². The predicted octanol–water partition coefficient (Wildman–Crippen LogP) is 3.95. The molecule has 1 heterocycles. The number of hydrogen-bond donors (Lipinski definition) is 2. The van der Waals surface area contributed by atoms with E-state index in [9.17, 15) is 18.0 Å². The molecule has 0 aliphatic carbocycles. The quantitative estimate of drug-likeness (QED) is 0.881. The van der Waals surface area contributed by atoms with Crippen molar-refractivity contribution in [1.29, 1.82) is 0 Å². The molecule has 0 radical (unpaired) electrons. The number of carbonyl (C=O) groups excluding carboxylic acids is 1.